The van der Waals surface area contributed by atoms with Crippen molar-refractivity contribution < 1.29 is 32.2 Å². The van der Waals surface area contributed by atoms with Crippen molar-refractivity contribution in [3.63, 3.8) is 0 Å². The molecule has 176 valence electrons. The van der Waals surface area contributed by atoms with Gasteiger partial charge in [0, 0.05) is 18.2 Å². The summed E-state index contributed by atoms with van der Waals surface area (Å²) in [5.74, 6) is -0.710. The van der Waals surface area contributed by atoms with Gasteiger partial charge in [-0.25, -0.2) is 13.2 Å². The van der Waals surface area contributed by atoms with Gasteiger partial charge in [0.15, 0.2) is 16.4 Å². The summed E-state index contributed by atoms with van der Waals surface area (Å²) in [4.78, 5) is 25.1. The van der Waals surface area contributed by atoms with E-state index in [4.69, 9.17) is 14.2 Å². The Morgan fingerprint density at radius 2 is 1.67 bits per heavy atom. The van der Waals surface area contributed by atoms with Crippen LogP contribution in [0.25, 0.3) is 5.57 Å². The van der Waals surface area contributed by atoms with Crippen LogP contribution in [0.4, 0.5) is 11.4 Å². The van der Waals surface area contributed by atoms with Crippen LogP contribution < -0.4 is 19.1 Å². The Kier molecular flexibility index (Phi) is 6.97. The minimum absolute atomic E-state index is 0.0916. The molecule has 1 amide bonds. The highest BCUT2D eigenvalue weighted by Gasteiger charge is 2.40. The lowest BCUT2D eigenvalue weighted by Gasteiger charge is -2.32. The second-order valence-corrected chi connectivity index (χ2v) is 8.87. The first-order chi connectivity index (χ1) is 15.7. The number of amides is 1. The molecule has 3 rings (SSSR count). The maximum absolute atomic E-state index is 13.5. The number of hydrogen-bond acceptors (Lipinski definition) is 7. The molecule has 1 aliphatic heterocycles. The van der Waals surface area contributed by atoms with Crippen molar-refractivity contribution in [1.29, 1.82) is 0 Å². The van der Waals surface area contributed by atoms with Crippen molar-refractivity contribution in [1.82, 2.24) is 0 Å². The fourth-order valence-electron chi connectivity index (χ4n) is 3.72. The smallest absolute Gasteiger partial charge is 0.340 e. The largest absolute Gasteiger partial charge is 0.493 e. The van der Waals surface area contributed by atoms with Crippen LogP contribution in [0, 0.1) is 0 Å². The number of carbonyl (C=O) groups is 2. The van der Waals surface area contributed by atoms with E-state index in [0.29, 0.717) is 22.7 Å². The summed E-state index contributed by atoms with van der Waals surface area (Å²) in [6, 6.07) is 9.46. The standard InChI is InChI=1S/C23H26N2O7S/c1-6-25-18-13-20(31-5)19(30-4)12-16(18)14(3)21(33(25,28)29)22(26)24-17-11-9-8-10-15(17)23(27)32-7-2/h8-13H,6-7H2,1-5H3,(H,24,26). The zero-order chi connectivity index (χ0) is 24.3. The number of benzene rings is 2. The fourth-order valence-corrected chi connectivity index (χ4v) is 5.47. The summed E-state index contributed by atoms with van der Waals surface area (Å²) in [5, 5.41) is 2.57. The third-order valence-corrected chi connectivity index (χ3v) is 7.27. The molecule has 2 aromatic rings. The van der Waals surface area contributed by atoms with Gasteiger partial charge in [-0.1, -0.05) is 12.1 Å². The van der Waals surface area contributed by atoms with Gasteiger partial charge in [0.25, 0.3) is 15.9 Å². The van der Waals surface area contributed by atoms with Crippen LogP contribution in [0.15, 0.2) is 41.3 Å². The highest BCUT2D eigenvalue weighted by Crippen LogP contribution is 2.45. The Balaban J connectivity index is 2.15. The van der Waals surface area contributed by atoms with Crippen molar-refractivity contribution >= 4 is 38.8 Å². The summed E-state index contributed by atoms with van der Waals surface area (Å²) in [6.45, 7) is 5.15. The molecule has 0 saturated carbocycles. The van der Waals surface area contributed by atoms with Crippen LogP contribution in [-0.2, 0) is 19.6 Å². The number of esters is 1. The molecule has 2 aromatic carbocycles. The first-order valence-electron chi connectivity index (χ1n) is 10.3. The molecule has 9 nitrogen and oxygen atoms in total. The molecular weight excluding hydrogens is 448 g/mol. The van der Waals surface area contributed by atoms with E-state index < -0.39 is 26.8 Å². The second kappa shape index (κ2) is 9.53. The van der Waals surface area contributed by atoms with E-state index in [-0.39, 0.29) is 30.0 Å². The number of ether oxygens (including phenoxy) is 3. The van der Waals surface area contributed by atoms with Gasteiger partial charge in [0.2, 0.25) is 0 Å². The van der Waals surface area contributed by atoms with Crippen molar-refractivity contribution in [3.8, 4) is 11.5 Å². The van der Waals surface area contributed by atoms with Crippen LogP contribution in [0.5, 0.6) is 11.5 Å². The number of carbonyl (C=O) groups excluding carboxylic acids is 2. The quantitative estimate of drug-likeness (QED) is 0.612. The number of hydrogen-bond donors (Lipinski definition) is 1. The average Bonchev–Trinajstić information content (AvgIpc) is 2.78. The van der Waals surface area contributed by atoms with Gasteiger partial charge in [-0.05, 0) is 44.5 Å². The Hall–Kier alpha value is -3.53. The van der Waals surface area contributed by atoms with Crippen LogP contribution in [0.1, 0.15) is 36.7 Å². The van der Waals surface area contributed by atoms with E-state index in [1.165, 1.54) is 26.4 Å². The van der Waals surface area contributed by atoms with Crippen molar-refractivity contribution in [2.24, 2.45) is 0 Å². The molecule has 33 heavy (non-hydrogen) atoms. The monoisotopic (exact) mass is 474 g/mol. The molecular formula is C23H26N2O7S. The molecule has 1 aliphatic rings. The normalized spacial score (nSPS) is 14.4. The predicted molar refractivity (Wildman–Crippen MR) is 125 cm³/mol. The first kappa shape index (κ1) is 24.1. The number of methoxy groups -OCH3 is 2. The molecule has 0 bridgehead atoms. The molecule has 1 heterocycles. The Morgan fingerprint density at radius 1 is 1.03 bits per heavy atom. The third kappa shape index (κ3) is 4.25. The topological polar surface area (TPSA) is 111 Å². The molecule has 10 heteroatoms. The molecule has 0 unspecified atom stereocenters. The number of fused-ring (bicyclic) bond motifs is 1. The first-order valence-corrected chi connectivity index (χ1v) is 11.7. The molecule has 0 saturated heterocycles. The highest BCUT2D eigenvalue weighted by molar-refractivity contribution is 7.97. The van der Waals surface area contributed by atoms with Gasteiger partial charge >= 0.3 is 5.97 Å². The third-order valence-electron chi connectivity index (χ3n) is 5.23. The Labute approximate surface area is 193 Å². The average molecular weight is 475 g/mol. The number of para-hydroxylation sites is 1. The van der Waals surface area contributed by atoms with Gasteiger partial charge < -0.3 is 19.5 Å². The van der Waals surface area contributed by atoms with Crippen LogP contribution in [0.2, 0.25) is 0 Å². The minimum Gasteiger partial charge on any atom is -0.493 e. The highest BCUT2D eigenvalue weighted by atomic mass is 32.2. The zero-order valence-corrected chi connectivity index (χ0v) is 19.9. The van der Waals surface area contributed by atoms with E-state index >= 15 is 0 Å². The van der Waals surface area contributed by atoms with E-state index in [1.54, 1.807) is 45.0 Å². The van der Waals surface area contributed by atoms with Crippen LogP contribution in [-0.4, -0.2) is 47.7 Å². The summed E-state index contributed by atoms with van der Waals surface area (Å²) in [5.41, 5.74) is 1.43. The number of allylic oxidation sites excluding steroid dienone is 1. The van der Waals surface area contributed by atoms with Gasteiger partial charge in [-0.2, -0.15) is 0 Å². The predicted octanol–water partition coefficient (Wildman–Crippen LogP) is 3.42. The van der Waals surface area contributed by atoms with Gasteiger partial charge in [-0.3, -0.25) is 9.10 Å². The summed E-state index contributed by atoms with van der Waals surface area (Å²) < 4.78 is 43.8. The van der Waals surface area contributed by atoms with Crippen molar-refractivity contribution in [2.75, 3.05) is 37.0 Å². The van der Waals surface area contributed by atoms with Gasteiger partial charge in [0.05, 0.1) is 37.8 Å². The summed E-state index contributed by atoms with van der Waals surface area (Å²) >= 11 is 0. The minimum atomic E-state index is -4.20. The van der Waals surface area contributed by atoms with Crippen LogP contribution in [0.3, 0.4) is 0 Å². The Bertz CT molecular complexity index is 1240. The lowest BCUT2D eigenvalue weighted by molar-refractivity contribution is -0.112. The number of nitrogens with zero attached hydrogens (tertiary/aromatic N) is 1. The van der Waals surface area contributed by atoms with E-state index in [1.807, 2.05) is 0 Å². The molecule has 1 N–H and O–H groups in total. The second-order valence-electron chi connectivity index (χ2n) is 7.07. The van der Waals surface area contributed by atoms with E-state index in [2.05, 4.69) is 5.32 Å². The lowest BCUT2D eigenvalue weighted by Crippen LogP contribution is -2.39. The molecule has 0 radical (unpaired) electrons. The Morgan fingerprint density at radius 3 is 2.27 bits per heavy atom. The van der Waals surface area contributed by atoms with E-state index in [0.717, 1.165) is 4.31 Å². The van der Waals surface area contributed by atoms with Gasteiger partial charge in [0.1, 0.15) is 0 Å². The van der Waals surface area contributed by atoms with E-state index in [9.17, 15) is 18.0 Å². The van der Waals surface area contributed by atoms with Crippen LogP contribution >= 0.6 is 0 Å². The molecule has 0 fully saturated rings. The number of nitrogens with one attached hydrogen (secondary N) is 1. The lowest BCUT2D eigenvalue weighted by atomic mass is 10.0. The maximum Gasteiger partial charge on any atom is 0.340 e. The SMILES string of the molecule is CCOC(=O)c1ccccc1NC(=O)C1=C(C)c2cc(OC)c(OC)cc2N(CC)S1(=O)=O. The fraction of sp³-hybridized carbons (Fsp3) is 0.304. The zero-order valence-electron chi connectivity index (χ0n) is 19.1. The molecule has 0 spiro atoms. The molecule has 0 atom stereocenters. The molecule has 0 aliphatic carbocycles. The van der Waals surface area contributed by atoms with Crippen molar-refractivity contribution in [2.45, 2.75) is 20.8 Å². The molecule has 0 aromatic heterocycles. The summed E-state index contributed by atoms with van der Waals surface area (Å²) in [6.07, 6.45) is 0. The van der Waals surface area contributed by atoms with Gasteiger partial charge in [-0.15, -0.1) is 0 Å². The summed E-state index contributed by atoms with van der Waals surface area (Å²) in [7, 11) is -1.26. The number of anilines is 2. The van der Waals surface area contributed by atoms with Crippen molar-refractivity contribution in [3.05, 3.63) is 52.4 Å². The maximum atomic E-state index is 13.5. The number of sulfonamides is 1. The number of rotatable bonds is 7.